The molecule has 2 atom stereocenters. The van der Waals surface area contributed by atoms with Crippen LogP contribution in [-0.2, 0) is 9.53 Å². The number of carbonyl (C=O) groups excluding carboxylic acids is 1. The molecule has 2 heteroatoms. The first kappa shape index (κ1) is 7.84. The van der Waals surface area contributed by atoms with Gasteiger partial charge in [0, 0.05) is 5.57 Å². The zero-order chi connectivity index (χ0) is 8.72. The van der Waals surface area contributed by atoms with Crippen molar-refractivity contribution in [1.82, 2.24) is 0 Å². The Morgan fingerprint density at radius 1 is 1.50 bits per heavy atom. The summed E-state index contributed by atoms with van der Waals surface area (Å²) in [5, 5.41) is 0. The number of hydrogen-bond acceptors (Lipinski definition) is 2. The molecule has 0 bridgehead atoms. The standard InChI is InChI=1S/C10H14O2/c1-6-3-4-8-7(2)10(11)12-9(8)5-6/h6,9H,3-5H2,1-2H3/t6-,9-/m1/s1. The molecule has 0 aromatic rings. The average molecular weight is 166 g/mol. The van der Waals surface area contributed by atoms with Gasteiger partial charge in [0.2, 0.25) is 0 Å². The minimum atomic E-state index is -0.0934. The summed E-state index contributed by atoms with van der Waals surface area (Å²) in [5.74, 6) is 0.613. The minimum Gasteiger partial charge on any atom is -0.454 e. The van der Waals surface area contributed by atoms with E-state index >= 15 is 0 Å². The molecule has 1 aliphatic heterocycles. The van der Waals surface area contributed by atoms with Crippen LogP contribution in [0.3, 0.4) is 0 Å². The molecule has 0 N–H and O–H groups in total. The molecular weight excluding hydrogens is 152 g/mol. The van der Waals surface area contributed by atoms with Gasteiger partial charge in [-0.15, -0.1) is 0 Å². The average Bonchev–Trinajstić information content (AvgIpc) is 2.28. The van der Waals surface area contributed by atoms with Crippen LogP contribution in [0.1, 0.15) is 33.1 Å². The van der Waals surface area contributed by atoms with Crippen molar-refractivity contribution < 1.29 is 9.53 Å². The molecule has 66 valence electrons. The smallest absolute Gasteiger partial charge is 0.334 e. The summed E-state index contributed by atoms with van der Waals surface area (Å²) < 4.78 is 5.23. The van der Waals surface area contributed by atoms with E-state index in [9.17, 15) is 4.79 Å². The fourth-order valence-corrected chi connectivity index (χ4v) is 2.09. The molecule has 0 radical (unpaired) electrons. The Bertz CT molecular complexity index is 253. The number of hydrogen-bond donors (Lipinski definition) is 0. The highest BCUT2D eigenvalue weighted by Crippen LogP contribution is 2.36. The molecule has 0 saturated heterocycles. The van der Waals surface area contributed by atoms with Gasteiger partial charge >= 0.3 is 5.97 Å². The quantitative estimate of drug-likeness (QED) is 0.515. The summed E-state index contributed by atoms with van der Waals surface area (Å²) in [6.07, 6.45) is 3.42. The topological polar surface area (TPSA) is 26.3 Å². The molecule has 1 fully saturated rings. The molecular formula is C10H14O2. The van der Waals surface area contributed by atoms with Gasteiger partial charge in [-0.25, -0.2) is 4.79 Å². The van der Waals surface area contributed by atoms with Crippen LogP contribution in [0.25, 0.3) is 0 Å². The van der Waals surface area contributed by atoms with E-state index in [2.05, 4.69) is 6.92 Å². The molecule has 0 aromatic heterocycles. The largest absolute Gasteiger partial charge is 0.454 e. The molecule has 2 aliphatic rings. The summed E-state index contributed by atoms with van der Waals surface area (Å²) >= 11 is 0. The van der Waals surface area contributed by atoms with Gasteiger partial charge in [0.05, 0.1) is 0 Å². The predicted octanol–water partition coefficient (Wildman–Crippen LogP) is 2.05. The Morgan fingerprint density at radius 3 is 3.00 bits per heavy atom. The van der Waals surface area contributed by atoms with E-state index in [0.29, 0.717) is 5.92 Å². The van der Waals surface area contributed by atoms with E-state index in [0.717, 1.165) is 18.4 Å². The van der Waals surface area contributed by atoms with Gasteiger partial charge in [-0.3, -0.25) is 0 Å². The van der Waals surface area contributed by atoms with E-state index in [-0.39, 0.29) is 12.1 Å². The Kier molecular flexibility index (Phi) is 1.71. The molecule has 12 heavy (non-hydrogen) atoms. The first-order valence-electron chi connectivity index (χ1n) is 4.59. The van der Waals surface area contributed by atoms with Crippen LogP contribution in [0.4, 0.5) is 0 Å². The van der Waals surface area contributed by atoms with Crippen molar-refractivity contribution in [1.29, 1.82) is 0 Å². The molecule has 1 heterocycles. The van der Waals surface area contributed by atoms with Crippen LogP contribution in [0.2, 0.25) is 0 Å². The van der Waals surface area contributed by atoms with Gasteiger partial charge in [0.25, 0.3) is 0 Å². The van der Waals surface area contributed by atoms with Crippen molar-refractivity contribution >= 4 is 5.97 Å². The molecule has 0 amide bonds. The summed E-state index contributed by atoms with van der Waals surface area (Å²) in [5.41, 5.74) is 2.13. The van der Waals surface area contributed by atoms with Crippen molar-refractivity contribution in [2.45, 2.75) is 39.2 Å². The zero-order valence-corrected chi connectivity index (χ0v) is 7.59. The molecule has 2 rings (SSSR count). The van der Waals surface area contributed by atoms with Crippen LogP contribution >= 0.6 is 0 Å². The molecule has 2 nitrogen and oxygen atoms in total. The van der Waals surface area contributed by atoms with Gasteiger partial charge < -0.3 is 4.74 Å². The van der Waals surface area contributed by atoms with Gasteiger partial charge in [0.15, 0.2) is 0 Å². The third kappa shape index (κ3) is 1.06. The lowest BCUT2D eigenvalue weighted by molar-refractivity contribution is -0.140. The SMILES string of the molecule is CC1=C2CC[C@@H](C)C[C@H]2OC1=O. The van der Waals surface area contributed by atoms with Gasteiger partial charge in [0.1, 0.15) is 6.10 Å². The third-order valence-corrected chi connectivity index (χ3v) is 2.95. The number of esters is 1. The third-order valence-electron chi connectivity index (χ3n) is 2.95. The summed E-state index contributed by atoms with van der Waals surface area (Å²) in [4.78, 5) is 11.2. The first-order valence-corrected chi connectivity index (χ1v) is 4.59. The van der Waals surface area contributed by atoms with Crippen molar-refractivity contribution in [2.75, 3.05) is 0 Å². The van der Waals surface area contributed by atoms with Crippen LogP contribution in [-0.4, -0.2) is 12.1 Å². The monoisotopic (exact) mass is 166 g/mol. The van der Waals surface area contributed by atoms with E-state index in [1.807, 2.05) is 6.92 Å². The minimum absolute atomic E-state index is 0.0934. The molecule has 0 spiro atoms. The lowest BCUT2D eigenvalue weighted by atomic mass is 9.84. The van der Waals surface area contributed by atoms with Crippen molar-refractivity contribution in [2.24, 2.45) is 5.92 Å². The summed E-state index contributed by atoms with van der Waals surface area (Å²) in [6, 6.07) is 0. The predicted molar refractivity (Wildman–Crippen MR) is 45.6 cm³/mol. The second kappa shape index (κ2) is 2.61. The molecule has 1 aliphatic carbocycles. The van der Waals surface area contributed by atoms with Crippen molar-refractivity contribution in [3.05, 3.63) is 11.1 Å². The van der Waals surface area contributed by atoms with Crippen molar-refractivity contribution in [3.63, 3.8) is 0 Å². The van der Waals surface area contributed by atoms with Crippen LogP contribution in [0, 0.1) is 5.92 Å². The summed E-state index contributed by atoms with van der Waals surface area (Å²) in [6.45, 7) is 4.10. The second-order valence-electron chi connectivity index (χ2n) is 3.92. The number of rotatable bonds is 0. The molecule has 0 unspecified atom stereocenters. The van der Waals surface area contributed by atoms with Crippen LogP contribution < -0.4 is 0 Å². The highest BCUT2D eigenvalue weighted by Gasteiger charge is 2.34. The number of fused-ring (bicyclic) bond motifs is 1. The maximum Gasteiger partial charge on any atom is 0.334 e. The maximum atomic E-state index is 11.2. The van der Waals surface area contributed by atoms with E-state index in [1.165, 1.54) is 12.0 Å². The number of carbonyl (C=O) groups is 1. The van der Waals surface area contributed by atoms with E-state index in [1.54, 1.807) is 0 Å². The first-order chi connectivity index (χ1) is 5.68. The Morgan fingerprint density at radius 2 is 2.25 bits per heavy atom. The lowest BCUT2D eigenvalue weighted by Crippen LogP contribution is -2.20. The highest BCUT2D eigenvalue weighted by molar-refractivity contribution is 5.91. The van der Waals surface area contributed by atoms with E-state index < -0.39 is 0 Å². The van der Waals surface area contributed by atoms with Crippen LogP contribution in [0.15, 0.2) is 11.1 Å². The fraction of sp³-hybridized carbons (Fsp3) is 0.700. The van der Waals surface area contributed by atoms with Crippen molar-refractivity contribution in [3.8, 4) is 0 Å². The van der Waals surface area contributed by atoms with Gasteiger partial charge in [-0.05, 0) is 37.7 Å². The highest BCUT2D eigenvalue weighted by atomic mass is 16.5. The Balaban J connectivity index is 2.23. The van der Waals surface area contributed by atoms with Gasteiger partial charge in [-0.1, -0.05) is 6.92 Å². The zero-order valence-electron chi connectivity index (χ0n) is 7.59. The number of ether oxygens (including phenoxy) is 1. The van der Waals surface area contributed by atoms with Crippen LogP contribution in [0.5, 0.6) is 0 Å². The lowest BCUT2D eigenvalue weighted by Gasteiger charge is -2.24. The molecule has 0 aromatic carbocycles. The summed E-state index contributed by atoms with van der Waals surface area (Å²) in [7, 11) is 0. The van der Waals surface area contributed by atoms with Gasteiger partial charge in [-0.2, -0.15) is 0 Å². The molecule has 1 saturated carbocycles. The maximum absolute atomic E-state index is 11.2. The second-order valence-corrected chi connectivity index (χ2v) is 3.92. The normalized spacial score (nSPS) is 35.0. The van der Waals surface area contributed by atoms with E-state index in [4.69, 9.17) is 4.74 Å². The fourth-order valence-electron chi connectivity index (χ4n) is 2.09. The Labute approximate surface area is 72.6 Å². The Hall–Kier alpha value is -0.790.